The molecule has 31 heavy (non-hydrogen) atoms. The highest BCUT2D eigenvalue weighted by molar-refractivity contribution is 7.80. The summed E-state index contributed by atoms with van der Waals surface area (Å²) in [4.78, 5) is 6.57. The number of halogens is 1. The molecule has 0 bridgehead atoms. The summed E-state index contributed by atoms with van der Waals surface area (Å²) in [6, 6.07) is 14.1. The number of aromatic nitrogens is 2. The van der Waals surface area contributed by atoms with Gasteiger partial charge in [0.2, 0.25) is 5.82 Å². The van der Waals surface area contributed by atoms with E-state index in [2.05, 4.69) is 41.1 Å². The number of thiocarbonyl (C=S) groups is 1. The van der Waals surface area contributed by atoms with Crippen molar-refractivity contribution in [2.45, 2.75) is 26.3 Å². The van der Waals surface area contributed by atoms with E-state index in [1.807, 2.05) is 30.0 Å². The molecule has 0 fully saturated rings. The van der Waals surface area contributed by atoms with Gasteiger partial charge in [-0.3, -0.25) is 0 Å². The van der Waals surface area contributed by atoms with Crippen LogP contribution in [0.15, 0.2) is 71.4 Å². The molecule has 1 N–H and O–H groups in total. The first-order valence-electron chi connectivity index (χ1n) is 10.1. The van der Waals surface area contributed by atoms with Crippen LogP contribution in [-0.4, -0.2) is 26.7 Å². The van der Waals surface area contributed by atoms with E-state index in [1.165, 1.54) is 17.7 Å². The lowest BCUT2D eigenvalue weighted by molar-refractivity contribution is 0.399. The molecule has 3 aromatic rings. The van der Waals surface area contributed by atoms with Crippen LogP contribution in [0.1, 0.15) is 36.9 Å². The first-order valence-corrected chi connectivity index (χ1v) is 10.5. The van der Waals surface area contributed by atoms with Gasteiger partial charge in [0.1, 0.15) is 5.82 Å². The van der Waals surface area contributed by atoms with Gasteiger partial charge >= 0.3 is 0 Å². The molecule has 0 spiro atoms. The molecule has 1 unspecified atom stereocenters. The summed E-state index contributed by atoms with van der Waals surface area (Å²) < 4.78 is 19.7. The summed E-state index contributed by atoms with van der Waals surface area (Å²) in [6.07, 6.45) is 2.73. The number of aryl methyl sites for hydroxylation is 1. The third-order valence-electron chi connectivity index (χ3n) is 5.37. The molecule has 1 aliphatic rings. The highest BCUT2D eigenvalue weighted by Gasteiger charge is 2.33. The van der Waals surface area contributed by atoms with E-state index in [-0.39, 0.29) is 5.82 Å². The van der Waals surface area contributed by atoms with Gasteiger partial charge in [-0.2, -0.15) is 4.98 Å². The van der Waals surface area contributed by atoms with Gasteiger partial charge in [0, 0.05) is 17.8 Å². The van der Waals surface area contributed by atoms with Crippen molar-refractivity contribution in [1.29, 1.82) is 0 Å². The Bertz CT molecular complexity index is 1150. The maximum Gasteiger partial charge on any atom is 0.258 e. The average Bonchev–Trinajstić information content (AvgIpc) is 3.26. The van der Waals surface area contributed by atoms with E-state index in [0.717, 1.165) is 28.8 Å². The second kappa shape index (κ2) is 8.81. The third-order valence-corrected chi connectivity index (χ3v) is 5.71. The lowest BCUT2D eigenvalue weighted by Gasteiger charge is -2.36. The summed E-state index contributed by atoms with van der Waals surface area (Å²) in [5.41, 5.74) is 4.44. The molecule has 0 saturated heterocycles. The highest BCUT2D eigenvalue weighted by Crippen LogP contribution is 2.37. The van der Waals surface area contributed by atoms with Crippen molar-refractivity contribution in [2.24, 2.45) is 0 Å². The molecule has 0 aliphatic carbocycles. The van der Waals surface area contributed by atoms with Gasteiger partial charge in [-0.25, -0.2) is 4.39 Å². The van der Waals surface area contributed by atoms with Gasteiger partial charge < -0.3 is 14.7 Å². The third kappa shape index (κ3) is 4.14. The zero-order chi connectivity index (χ0) is 22.0. The van der Waals surface area contributed by atoms with Crippen molar-refractivity contribution in [3.8, 4) is 11.4 Å². The fraction of sp³-hybridized carbons (Fsp3) is 0.208. The van der Waals surface area contributed by atoms with Crippen LogP contribution in [0.5, 0.6) is 0 Å². The Morgan fingerprint density at radius 1 is 1.26 bits per heavy atom. The summed E-state index contributed by atoms with van der Waals surface area (Å²) in [6.45, 7) is 8.39. The van der Waals surface area contributed by atoms with Crippen LogP contribution in [0, 0.1) is 5.82 Å². The number of benzene rings is 2. The van der Waals surface area contributed by atoms with Crippen LogP contribution in [0.2, 0.25) is 0 Å². The molecular weight excluding hydrogens is 411 g/mol. The smallest absolute Gasteiger partial charge is 0.258 e. The minimum absolute atomic E-state index is 0.321. The Labute approximate surface area is 186 Å². The Morgan fingerprint density at radius 3 is 2.71 bits per heavy atom. The van der Waals surface area contributed by atoms with Crippen LogP contribution in [0.3, 0.4) is 0 Å². The molecule has 2 aromatic carbocycles. The number of nitrogens with one attached hydrogen (secondary N) is 1. The van der Waals surface area contributed by atoms with Gasteiger partial charge in [-0.15, -0.1) is 6.58 Å². The zero-order valence-corrected chi connectivity index (χ0v) is 18.2. The van der Waals surface area contributed by atoms with Gasteiger partial charge in [0.15, 0.2) is 5.11 Å². The molecule has 1 atom stereocenters. The molecule has 2 heterocycles. The first-order chi connectivity index (χ1) is 15.0. The molecule has 4 rings (SSSR count). The van der Waals surface area contributed by atoms with E-state index in [1.54, 1.807) is 12.1 Å². The molecule has 0 saturated carbocycles. The lowest BCUT2D eigenvalue weighted by atomic mass is 9.94. The van der Waals surface area contributed by atoms with E-state index < -0.39 is 6.04 Å². The largest absolute Gasteiger partial charge is 0.351 e. The number of hydrogen-bond acceptors (Lipinski definition) is 4. The van der Waals surface area contributed by atoms with Crippen molar-refractivity contribution in [1.82, 2.24) is 20.4 Å². The van der Waals surface area contributed by atoms with Crippen molar-refractivity contribution in [3.63, 3.8) is 0 Å². The SMILES string of the molecule is C=CCN1C(=S)NC(c2cccc(F)c2)C(c2nc(-c3ccc(CC)cc3)no2)=C1C. The molecular formula is C24H23FN4OS. The zero-order valence-electron chi connectivity index (χ0n) is 17.4. The molecule has 1 aromatic heterocycles. The van der Waals surface area contributed by atoms with Crippen molar-refractivity contribution < 1.29 is 8.91 Å². The summed E-state index contributed by atoms with van der Waals surface area (Å²) in [7, 11) is 0. The van der Waals surface area contributed by atoms with E-state index in [9.17, 15) is 4.39 Å². The fourth-order valence-electron chi connectivity index (χ4n) is 3.68. The topological polar surface area (TPSA) is 54.2 Å². The van der Waals surface area contributed by atoms with Crippen LogP contribution >= 0.6 is 12.2 Å². The molecule has 5 nitrogen and oxygen atoms in total. The standard InChI is InChI=1S/C24H23FN4OS/c1-4-13-29-15(3)20(21(26-24(29)31)18-7-6-8-19(25)14-18)23-27-22(28-30-23)17-11-9-16(5-2)10-12-17/h4,6-12,14,21H,1,5,13H2,2-3H3,(H,26,31). The summed E-state index contributed by atoms with van der Waals surface area (Å²) in [5.74, 6) is 0.544. The number of nitrogens with zero attached hydrogens (tertiary/aromatic N) is 3. The molecule has 0 amide bonds. The molecule has 7 heteroatoms. The van der Waals surface area contributed by atoms with Crippen LogP contribution < -0.4 is 5.32 Å². The van der Waals surface area contributed by atoms with Gasteiger partial charge in [-0.1, -0.05) is 54.6 Å². The maximum atomic E-state index is 14.0. The Hall–Kier alpha value is -3.32. The van der Waals surface area contributed by atoms with Crippen LogP contribution in [0.25, 0.3) is 17.0 Å². The van der Waals surface area contributed by atoms with E-state index in [0.29, 0.717) is 23.4 Å². The number of allylic oxidation sites excluding steroid dienone is 1. The Morgan fingerprint density at radius 2 is 2.03 bits per heavy atom. The van der Waals surface area contributed by atoms with Gasteiger partial charge in [0.05, 0.1) is 11.6 Å². The molecule has 1 aliphatic heterocycles. The minimum atomic E-state index is -0.417. The second-order valence-corrected chi connectivity index (χ2v) is 7.70. The molecule has 158 valence electrons. The van der Waals surface area contributed by atoms with Gasteiger partial charge in [-0.05, 0) is 48.8 Å². The monoisotopic (exact) mass is 434 g/mol. The fourth-order valence-corrected chi connectivity index (χ4v) is 4.01. The molecule has 0 radical (unpaired) electrons. The van der Waals surface area contributed by atoms with Crippen LogP contribution in [-0.2, 0) is 6.42 Å². The number of hydrogen-bond donors (Lipinski definition) is 1. The quantitative estimate of drug-likeness (QED) is 0.420. The van der Waals surface area contributed by atoms with Crippen molar-refractivity contribution in [3.05, 3.63) is 89.7 Å². The number of rotatable bonds is 6. The Balaban J connectivity index is 1.80. The van der Waals surface area contributed by atoms with Crippen molar-refractivity contribution in [2.75, 3.05) is 6.54 Å². The van der Waals surface area contributed by atoms with Crippen LogP contribution in [0.4, 0.5) is 4.39 Å². The predicted molar refractivity (Wildman–Crippen MR) is 123 cm³/mol. The van der Waals surface area contributed by atoms with E-state index >= 15 is 0 Å². The predicted octanol–water partition coefficient (Wildman–Crippen LogP) is 5.29. The highest BCUT2D eigenvalue weighted by atomic mass is 32.1. The maximum absolute atomic E-state index is 14.0. The van der Waals surface area contributed by atoms with Gasteiger partial charge in [0.25, 0.3) is 5.89 Å². The summed E-state index contributed by atoms with van der Waals surface area (Å²) in [5, 5.41) is 8.02. The van der Waals surface area contributed by atoms with E-state index in [4.69, 9.17) is 16.7 Å². The Kier molecular flexibility index (Phi) is 5.95. The first kappa shape index (κ1) is 20.9. The van der Waals surface area contributed by atoms with Crippen molar-refractivity contribution >= 4 is 22.9 Å². The second-order valence-electron chi connectivity index (χ2n) is 7.31. The normalized spacial score (nSPS) is 16.4. The average molecular weight is 435 g/mol. The minimum Gasteiger partial charge on any atom is -0.351 e. The summed E-state index contributed by atoms with van der Waals surface area (Å²) >= 11 is 5.56. The lowest BCUT2D eigenvalue weighted by Crippen LogP contribution is -2.45.